The minimum atomic E-state index is -0.238. The Kier molecular flexibility index (Phi) is 4.14. The van der Waals surface area contributed by atoms with Crippen LogP contribution in [0.1, 0.15) is 17.4 Å². The molecule has 0 bridgehead atoms. The summed E-state index contributed by atoms with van der Waals surface area (Å²) >= 11 is 3.40. The van der Waals surface area contributed by atoms with E-state index in [9.17, 15) is 4.39 Å². The SMILES string of the molecule is CNC(Cc1nccn1C)c1ccc(F)cc1Br. The lowest BCUT2D eigenvalue weighted by molar-refractivity contribution is 0.558. The number of hydrogen-bond acceptors (Lipinski definition) is 2. The standard InChI is InChI=1S/C13H15BrFN3/c1-16-12(8-13-17-5-6-18(13)2)10-4-3-9(15)7-11(10)14/h3-7,12,16H,8H2,1-2H3. The summed E-state index contributed by atoms with van der Waals surface area (Å²) in [7, 11) is 3.86. The summed E-state index contributed by atoms with van der Waals surface area (Å²) in [6.45, 7) is 0. The zero-order valence-corrected chi connectivity index (χ0v) is 11.9. The van der Waals surface area contributed by atoms with Gasteiger partial charge in [-0.15, -0.1) is 0 Å². The van der Waals surface area contributed by atoms with E-state index in [0.717, 1.165) is 22.3 Å². The van der Waals surface area contributed by atoms with E-state index < -0.39 is 0 Å². The van der Waals surface area contributed by atoms with Gasteiger partial charge < -0.3 is 9.88 Å². The number of nitrogens with one attached hydrogen (secondary N) is 1. The first-order valence-corrected chi connectivity index (χ1v) is 6.49. The second kappa shape index (κ2) is 5.63. The van der Waals surface area contributed by atoms with E-state index in [4.69, 9.17) is 0 Å². The minimum absolute atomic E-state index is 0.0982. The van der Waals surface area contributed by atoms with Gasteiger partial charge in [-0.1, -0.05) is 22.0 Å². The molecule has 0 amide bonds. The molecule has 1 heterocycles. The molecular weight excluding hydrogens is 297 g/mol. The van der Waals surface area contributed by atoms with Gasteiger partial charge in [0.1, 0.15) is 11.6 Å². The van der Waals surface area contributed by atoms with Crippen molar-refractivity contribution in [3.8, 4) is 0 Å². The van der Waals surface area contributed by atoms with Gasteiger partial charge in [-0.2, -0.15) is 0 Å². The summed E-state index contributed by atoms with van der Waals surface area (Å²) in [5, 5.41) is 3.24. The van der Waals surface area contributed by atoms with E-state index in [1.807, 2.05) is 24.9 Å². The van der Waals surface area contributed by atoms with Crippen molar-refractivity contribution in [2.24, 2.45) is 7.05 Å². The van der Waals surface area contributed by atoms with Crippen LogP contribution < -0.4 is 5.32 Å². The van der Waals surface area contributed by atoms with Gasteiger partial charge in [-0.3, -0.25) is 0 Å². The summed E-state index contributed by atoms with van der Waals surface area (Å²) in [6.07, 6.45) is 4.45. The van der Waals surface area contributed by atoms with Crippen LogP contribution in [0.3, 0.4) is 0 Å². The number of likely N-dealkylation sites (N-methyl/N-ethyl adjacent to an activating group) is 1. The Balaban J connectivity index is 2.26. The second-order valence-electron chi connectivity index (χ2n) is 4.17. The molecule has 2 rings (SSSR count). The molecular formula is C13H15BrFN3. The predicted octanol–water partition coefficient (Wildman–Crippen LogP) is 2.82. The van der Waals surface area contributed by atoms with Crippen LogP contribution >= 0.6 is 15.9 Å². The lowest BCUT2D eigenvalue weighted by Crippen LogP contribution is -2.21. The third kappa shape index (κ3) is 2.79. The van der Waals surface area contributed by atoms with Crippen LogP contribution in [0.2, 0.25) is 0 Å². The van der Waals surface area contributed by atoms with E-state index in [1.165, 1.54) is 12.1 Å². The number of aryl methyl sites for hydroxylation is 1. The number of imidazole rings is 1. The lowest BCUT2D eigenvalue weighted by atomic mass is 10.0. The van der Waals surface area contributed by atoms with Gasteiger partial charge in [0, 0.05) is 36.4 Å². The molecule has 1 atom stereocenters. The van der Waals surface area contributed by atoms with Gasteiger partial charge in [0.05, 0.1) is 0 Å². The van der Waals surface area contributed by atoms with Gasteiger partial charge in [0.2, 0.25) is 0 Å². The molecule has 0 spiro atoms. The number of halogens is 2. The molecule has 18 heavy (non-hydrogen) atoms. The Morgan fingerprint density at radius 1 is 1.50 bits per heavy atom. The summed E-state index contributed by atoms with van der Waals surface area (Å²) in [6, 6.07) is 4.85. The first-order valence-electron chi connectivity index (χ1n) is 5.70. The van der Waals surface area contributed by atoms with Crippen molar-refractivity contribution in [3.63, 3.8) is 0 Å². The van der Waals surface area contributed by atoms with Crippen LogP contribution in [-0.2, 0) is 13.5 Å². The molecule has 1 aromatic carbocycles. The molecule has 0 radical (unpaired) electrons. The van der Waals surface area contributed by atoms with Crippen LogP contribution in [-0.4, -0.2) is 16.6 Å². The highest BCUT2D eigenvalue weighted by atomic mass is 79.9. The van der Waals surface area contributed by atoms with E-state index in [0.29, 0.717) is 0 Å². The highest BCUT2D eigenvalue weighted by molar-refractivity contribution is 9.10. The fourth-order valence-electron chi connectivity index (χ4n) is 1.93. The molecule has 0 saturated carbocycles. The average molecular weight is 312 g/mol. The van der Waals surface area contributed by atoms with Crippen molar-refractivity contribution >= 4 is 15.9 Å². The third-order valence-corrected chi connectivity index (χ3v) is 3.68. The smallest absolute Gasteiger partial charge is 0.124 e. The Morgan fingerprint density at radius 3 is 2.83 bits per heavy atom. The Hall–Kier alpha value is -1.20. The quantitative estimate of drug-likeness (QED) is 0.941. The number of hydrogen-bond donors (Lipinski definition) is 1. The maximum atomic E-state index is 13.1. The van der Waals surface area contributed by atoms with Crippen LogP contribution in [0.4, 0.5) is 4.39 Å². The van der Waals surface area contributed by atoms with Gasteiger partial charge in [0.25, 0.3) is 0 Å². The predicted molar refractivity (Wildman–Crippen MR) is 72.8 cm³/mol. The van der Waals surface area contributed by atoms with Crippen LogP contribution in [0, 0.1) is 5.82 Å². The molecule has 0 aliphatic carbocycles. The maximum absolute atomic E-state index is 13.1. The molecule has 3 nitrogen and oxygen atoms in total. The maximum Gasteiger partial charge on any atom is 0.124 e. The highest BCUT2D eigenvalue weighted by Crippen LogP contribution is 2.26. The van der Waals surface area contributed by atoms with Crippen molar-refractivity contribution in [2.75, 3.05) is 7.05 Å². The molecule has 1 aromatic heterocycles. The molecule has 2 aromatic rings. The third-order valence-electron chi connectivity index (χ3n) is 2.99. The fourth-order valence-corrected chi connectivity index (χ4v) is 2.55. The van der Waals surface area contributed by atoms with E-state index >= 15 is 0 Å². The first kappa shape index (κ1) is 13.2. The van der Waals surface area contributed by atoms with Gasteiger partial charge in [0.15, 0.2) is 0 Å². The Labute approximate surface area is 114 Å². The first-order chi connectivity index (χ1) is 8.61. The molecule has 0 aliphatic rings. The van der Waals surface area contributed by atoms with Gasteiger partial charge in [-0.05, 0) is 24.7 Å². The van der Waals surface area contributed by atoms with Gasteiger partial charge in [-0.25, -0.2) is 9.37 Å². The van der Waals surface area contributed by atoms with Crippen molar-refractivity contribution in [3.05, 3.63) is 52.3 Å². The molecule has 0 aliphatic heterocycles. The van der Waals surface area contributed by atoms with Crippen LogP contribution in [0.15, 0.2) is 35.1 Å². The number of aromatic nitrogens is 2. The van der Waals surface area contributed by atoms with Gasteiger partial charge >= 0.3 is 0 Å². The topological polar surface area (TPSA) is 29.9 Å². The van der Waals surface area contributed by atoms with E-state index in [1.54, 1.807) is 12.3 Å². The summed E-state index contributed by atoms with van der Waals surface area (Å²) < 4.78 is 15.9. The van der Waals surface area contributed by atoms with Crippen molar-refractivity contribution in [1.29, 1.82) is 0 Å². The van der Waals surface area contributed by atoms with Crippen molar-refractivity contribution in [2.45, 2.75) is 12.5 Å². The number of rotatable bonds is 4. The monoisotopic (exact) mass is 311 g/mol. The minimum Gasteiger partial charge on any atom is -0.338 e. The fraction of sp³-hybridized carbons (Fsp3) is 0.308. The number of benzene rings is 1. The zero-order valence-electron chi connectivity index (χ0n) is 10.3. The van der Waals surface area contributed by atoms with E-state index in [2.05, 4.69) is 26.2 Å². The molecule has 5 heteroatoms. The Morgan fingerprint density at radius 2 is 2.28 bits per heavy atom. The van der Waals surface area contributed by atoms with Crippen molar-refractivity contribution in [1.82, 2.24) is 14.9 Å². The van der Waals surface area contributed by atoms with E-state index in [-0.39, 0.29) is 11.9 Å². The second-order valence-corrected chi connectivity index (χ2v) is 5.02. The van der Waals surface area contributed by atoms with Crippen molar-refractivity contribution < 1.29 is 4.39 Å². The summed E-state index contributed by atoms with van der Waals surface area (Å²) in [5.74, 6) is 0.753. The zero-order chi connectivity index (χ0) is 13.1. The van der Waals surface area contributed by atoms with Crippen LogP contribution in [0.25, 0.3) is 0 Å². The highest BCUT2D eigenvalue weighted by Gasteiger charge is 2.15. The number of nitrogens with zero attached hydrogens (tertiary/aromatic N) is 2. The lowest BCUT2D eigenvalue weighted by Gasteiger charge is -2.18. The molecule has 96 valence electrons. The molecule has 1 unspecified atom stereocenters. The summed E-state index contributed by atoms with van der Waals surface area (Å²) in [5.41, 5.74) is 1.03. The van der Waals surface area contributed by atoms with Crippen LogP contribution in [0.5, 0.6) is 0 Å². The molecule has 0 fully saturated rings. The molecule has 1 N–H and O–H groups in total. The normalized spacial score (nSPS) is 12.7. The average Bonchev–Trinajstić information content (AvgIpc) is 2.73. The largest absolute Gasteiger partial charge is 0.338 e. The Bertz CT molecular complexity index is 539. The molecule has 0 saturated heterocycles. The summed E-state index contributed by atoms with van der Waals surface area (Å²) in [4.78, 5) is 4.31.